The number of aliphatic hydroxyl groups excluding tert-OH is 1. The molecule has 4 bridgehead atoms. The number of allylic oxidation sites excluding steroid dienone is 3. The van der Waals surface area contributed by atoms with Gasteiger partial charge < -0.3 is 33.9 Å². The third kappa shape index (κ3) is 5.20. The van der Waals surface area contributed by atoms with Crippen LogP contribution in [0.4, 0.5) is 0 Å². The van der Waals surface area contributed by atoms with Crippen LogP contribution in [0.25, 0.3) is 6.08 Å². The minimum atomic E-state index is -1.59. The average Bonchev–Trinajstić information content (AvgIpc) is 3.20. The Hall–Kier alpha value is -3.73. The van der Waals surface area contributed by atoms with Crippen LogP contribution in [0.15, 0.2) is 41.0 Å². The lowest BCUT2D eigenvalue weighted by molar-refractivity contribution is -0.171. The molecule has 2 N–H and O–H groups in total. The van der Waals surface area contributed by atoms with Gasteiger partial charge in [-0.3, -0.25) is 9.59 Å². The van der Waals surface area contributed by atoms with Crippen molar-refractivity contribution in [3.63, 3.8) is 0 Å². The highest BCUT2D eigenvalue weighted by Crippen LogP contribution is 2.68. The van der Waals surface area contributed by atoms with Crippen molar-refractivity contribution in [2.75, 3.05) is 14.2 Å². The van der Waals surface area contributed by atoms with Gasteiger partial charge in [-0.15, -0.1) is 0 Å². The van der Waals surface area contributed by atoms with E-state index in [1.165, 1.54) is 14.2 Å². The van der Waals surface area contributed by atoms with E-state index in [1.54, 1.807) is 32.9 Å². The maximum atomic E-state index is 15.0. The Morgan fingerprint density at radius 3 is 2.42 bits per heavy atom. The second kappa shape index (κ2) is 11.9. The number of esters is 1. The van der Waals surface area contributed by atoms with Crippen molar-refractivity contribution in [2.24, 2.45) is 11.8 Å². The number of methoxy groups -OCH3 is 2. The number of carbonyl (C=O) groups excluding carboxylic acids is 3. The van der Waals surface area contributed by atoms with E-state index in [0.717, 1.165) is 5.57 Å². The number of ether oxygens (including phenoxy) is 5. The van der Waals surface area contributed by atoms with E-state index in [2.05, 4.69) is 0 Å². The number of carbonyl (C=O) groups is 3. The highest BCUT2D eigenvalue weighted by Gasteiger charge is 2.81. The van der Waals surface area contributed by atoms with Crippen LogP contribution >= 0.6 is 0 Å². The molecule has 0 radical (unpaired) electrons. The van der Waals surface area contributed by atoms with Crippen LogP contribution in [0.3, 0.4) is 0 Å². The van der Waals surface area contributed by atoms with Crippen molar-refractivity contribution in [1.82, 2.24) is 0 Å². The van der Waals surface area contributed by atoms with E-state index in [0.29, 0.717) is 53.0 Å². The molecule has 3 aliphatic carbocycles. The first-order valence-corrected chi connectivity index (χ1v) is 17.4. The number of benzene rings is 1. The van der Waals surface area contributed by atoms with E-state index in [4.69, 9.17) is 23.7 Å². The Kier molecular flexibility index (Phi) is 8.60. The molecule has 50 heavy (non-hydrogen) atoms. The fraction of sp³-hybridized carbons (Fsp3) is 0.575. The van der Waals surface area contributed by atoms with Crippen LogP contribution in [-0.4, -0.2) is 76.1 Å². The van der Waals surface area contributed by atoms with Gasteiger partial charge in [0.1, 0.15) is 28.4 Å². The normalized spacial score (nSPS) is 30.7. The van der Waals surface area contributed by atoms with Gasteiger partial charge in [0.15, 0.2) is 22.8 Å². The summed E-state index contributed by atoms with van der Waals surface area (Å²) >= 11 is 0. The Morgan fingerprint density at radius 2 is 1.80 bits per heavy atom. The molecule has 1 saturated heterocycles. The van der Waals surface area contributed by atoms with Gasteiger partial charge in [0.25, 0.3) is 0 Å². The predicted octanol–water partition coefficient (Wildman–Crippen LogP) is 5.80. The van der Waals surface area contributed by atoms with Gasteiger partial charge in [-0.1, -0.05) is 23.8 Å². The van der Waals surface area contributed by atoms with Crippen molar-refractivity contribution < 1.29 is 48.3 Å². The van der Waals surface area contributed by atoms with Crippen LogP contribution in [0.2, 0.25) is 0 Å². The smallest absolute Gasteiger partial charge is 0.333 e. The van der Waals surface area contributed by atoms with Crippen molar-refractivity contribution in [2.45, 2.75) is 122 Å². The molecule has 3 aliphatic heterocycles. The summed E-state index contributed by atoms with van der Waals surface area (Å²) in [6.45, 7) is 14.5. The van der Waals surface area contributed by atoms with Crippen LogP contribution in [-0.2, 0) is 25.5 Å². The Balaban J connectivity index is 1.57. The molecule has 10 nitrogen and oxygen atoms in total. The second-order valence-electron chi connectivity index (χ2n) is 16.0. The summed E-state index contributed by atoms with van der Waals surface area (Å²) in [6, 6.07) is 0. The largest absolute Gasteiger partial charge is 0.495 e. The molecule has 7 rings (SSSR count). The molecule has 1 aromatic carbocycles. The van der Waals surface area contributed by atoms with Crippen LogP contribution in [0, 0.1) is 11.8 Å². The third-order valence-corrected chi connectivity index (χ3v) is 11.4. The molecule has 6 aliphatic rings. The molecule has 1 aromatic rings. The van der Waals surface area contributed by atoms with Gasteiger partial charge in [-0.2, -0.15) is 0 Å². The summed E-state index contributed by atoms with van der Waals surface area (Å²) in [5.74, 6) is -0.843. The van der Waals surface area contributed by atoms with Crippen molar-refractivity contribution in [1.29, 1.82) is 0 Å². The molecule has 0 aromatic heterocycles. The fourth-order valence-corrected chi connectivity index (χ4v) is 8.65. The molecule has 270 valence electrons. The Morgan fingerprint density at radius 1 is 1.10 bits per heavy atom. The number of ketones is 2. The molecule has 10 heteroatoms. The summed E-state index contributed by atoms with van der Waals surface area (Å²) in [5.41, 5.74) is -2.85. The first kappa shape index (κ1) is 36.1. The molecular formula is C40H50O10. The average molecular weight is 691 g/mol. The minimum absolute atomic E-state index is 0.00930. The molecule has 6 atom stereocenters. The fourth-order valence-electron chi connectivity index (χ4n) is 8.65. The molecule has 2 fully saturated rings. The van der Waals surface area contributed by atoms with Crippen LogP contribution in [0.5, 0.6) is 17.2 Å². The third-order valence-electron chi connectivity index (χ3n) is 11.4. The summed E-state index contributed by atoms with van der Waals surface area (Å²) in [6.07, 6.45) is 9.73. The summed E-state index contributed by atoms with van der Waals surface area (Å²) in [7, 11) is 2.81. The maximum Gasteiger partial charge on any atom is 0.333 e. The monoisotopic (exact) mass is 690 g/mol. The first-order valence-electron chi connectivity index (χ1n) is 17.4. The van der Waals surface area contributed by atoms with Crippen molar-refractivity contribution in [3.8, 4) is 17.2 Å². The minimum Gasteiger partial charge on any atom is -0.495 e. The molecule has 3 heterocycles. The SMILES string of the molecule is COC(=O)/C(C)=C\C[C@@]12OC(C)(C)[C@@H]3C[C@H](C=C4C(=O)c5c(OC)c6c(c(CC=C(C)C)c5O[C@]431)O[C@](C)(CC[C@@H](O)C(C)(C)O)C=C6)C2=O. The van der Waals surface area contributed by atoms with Crippen molar-refractivity contribution >= 4 is 23.6 Å². The Bertz CT molecular complexity index is 1780. The maximum absolute atomic E-state index is 15.0. The van der Waals surface area contributed by atoms with Gasteiger partial charge in [-0.25, -0.2) is 4.79 Å². The highest BCUT2D eigenvalue weighted by atomic mass is 16.6. The molecule has 0 amide bonds. The lowest BCUT2D eigenvalue weighted by Gasteiger charge is -2.56. The number of hydrogen-bond donors (Lipinski definition) is 2. The van der Waals surface area contributed by atoms with E-state index < -0.39 is 46.0 Å². The standard InChI is InChI=1S/C40H50O10/c1-21(2)11-12-24-31-25(14-16-38(8,48-31)17-15-28(41)36(4,5)45)32(46-9)29-30(42)26-19-23-20-27-37(6,7)50-39(34(23)43,40(26,27)49-33(24)29)18-13-22(3)35(44)47-10/h11,13-14,16,19,23,27-28,41,45H,12,15,17-18,20H2,1-10H3/b22-13-/t23-,27-,28+,38-,39-,40+/m0/s1. The van der Waals surface area contributed by atoms with Gasteiger partial charge in [0.05, 0.1) is 37.1 Å². The van der Waals surface area contributed by atoms with E-state index in [9.17, 15) is 19.8 Å². The second-order valence-corrected chi connectivity index (χ2v) is 16.0. The number of aliphatic hydroxyl groups is 2. The predicted molar refractivity (Wildman–Crippen MR) is 186 cm³/mol. The van der Waals surface area contributed by atoms with E-state index in [1.807, 2.05) is 52.8 Å². The number of Topliss-reactive ketones (excluding diaryl/α,β-unsaturated/α-hetero) is 2. The highest BCUT2D eigenvalue weighted by molar-refractivity contribution is 6.19. The molecule has 0 unspecified atom stereocenters. The summed E-state index contributed by atoms with van der Waals surface area (Å²) in [4.78, 5) is 42.0. The van der Waals surface area contributed by atoms with Crippen molar-refractivity contribution in [3.05, 3.63) is 57.7 Å². The van der Waals surface area contributed by atoms with E-state index in [-0.39, 0.29) is 41.6 Å². The summed E-state index contributed by atoms with van der Waals surface area (Å²) in [5, 5.41) is 21.0. The molecule has 1 spiro atoms. The summed E-state index contributed by atoms with van der Waals surface area (Å²) < 4.78 is 31.9. The number of hydrogen-bond acceptors (Lipinski definition) is 10. The number of rotatable bonds is 10. The van der Waals surface area contributed by atoms with Gasteiger partial charge in [-0.05, 0) is 93.2 Å². The molecule has 1 saturated carbocycles. The van der Waals surface area contributed by atoms with Gasteiger partial charge in [0, 0.05) is 35.0 Å². The Labute approximate surface area is 294 Å². The zero-order valence-corrected chi connectivity index (χ0v) is 30.8. The quantitative estimate of drug-likeness (QED) is 0.176. The van der Waals surface area contributed by atoms with Crippen LogP contribution in [0.1, 0.15) is 103 Å². The zero-order chi connectivity index (χ0) is 36.8. The zero-order valence-electron chi connectivity index (χ0n) is 30.8. The lowest BCUT2D eigenvalue weighted by atomic mass is 9.51. The lowest BCUT2D eigenvalue weighted by Crippen LogP contribution is -2.72. The topological polar surface area (TPSA) is 138 Å². The van der Waals surface area contributed by atoms with E-state index >= 15 is 4.79 Å². The van der Waals surface area contributed by atoms with Gasteiger partial charge >= 0.3 is 5.97 Å². The van der Waals surface area contributed by atoms with Crippen LogP contribution < -0.4 is 14.2 Å². The van der Waals surface area contributed by atoms with Gasteiger partial charge in [0.2, 0.25) is 0 Å². The molecular weight excluding hydrogens is 640 g/mol. The first-order chi connectivity index (χ1) is 23.3. The number of fused-ring (bicyclic) bond motifs is 2.